The molecule has 3 aromatic rings. The molecule has 60 heavy (non-hydrogen) atoms. The minimum Gasteiger partial charge on any atom is -0.481 e. The van der Waals surface area contributed by atoms with E-state index in [2.05, 4.69) is 42.8 Å². The van der Waals surface area contributed by atoms with Crippen LogP contribution >= 0.6 is 41.1 Å². The molecule has 12 nitrogen and oxygen atoms in total. The molecule has 3 aromatic carbocycles. The van der Waals surface area contributed by atoms with E-state index in [0.717, 1.165) is 54.5 Å². The van der Waals surface area contributed by atoms with Crippen LogP contribution in [0.4, 0.5) is 0 Å². The molecule has 0 bridgehead atoms. The minimum atomic E-state index is -2.68. The summed E-state index contributed by atoms with van der Waals surface area (Å²) in [4.78, 5) is 0.336. The lowest BCUT2D eigenvalue weighted by atomic mass is 10.1. The van der Waals surface area contributed by atoms with Crippen molar-refractivity contribution in [3.63, 3.8) is 0 Å². The summed E-state index contributed by atoms with van der Waals surface area (Å²) in [7, 11) is 5.45. The molecule has 5 unspecified atom stereocenters. The van der Waals surface area contributed by atoms with Gasteiger partial charge in [-0.2, -0.15) is 15.3 Å². The van der Waals surface area contributed by atoms with E-state index in [9.17, 15) is 0 Å². The Kier molecular flexibility index (Phi) is 20.9. The van der Waals surface area contributed by atoms with Crippen molar-refractivity contribution >= 4 is 95.1 Å². The maximum absolute atomic E-state index is 9.10. The van der Waals surface area contributed by atoms with Crippen molar-refractivity contribution in [3.8, 4) is 17.2 Å². The van der Waals surface area contributed by atoms with Gasteiger partial charge in [0.05, 0.1) is 32.3 Å². The third-order valence-electron chi connectivity index (χ3n) is 9.53. The average Bonchev–Trinajstić information content (AvgIpc) is 3.21. The van der Waals surface area contributed by atoms with Crippen LogP contribution in [0.3, 0.4) is 0 Å². The van der Waals surface area contributed by atoms with Gasteiger partial charge in [0.25, 0.3) is 0 Å². The van der Waals surface area contributed by atoms with Crippen molar-refractivity contribution in [2.75, 3.05) is 21.1 Å². The summed E-state index contributed by atoms with van der Waals surface area (Å²) in [5.74, 6) is 2.04. The Bertz CT molecular complexity index is 2080. The van der Waals surface area contributed by atoms with E-state index in [0.29, 0.717) is 24.3 Å². The zero-order valence-corrected chi connectivity index (χ0v) is 42.6. The molecule has 0 spiro atoms. The van der Waals surface area contributed by atoms with Gasteiger partial charge in [0, 0.05) is 26.1 Å². The number of ether oxygens (including phenoxy) is 3. The monoisotopic (exact) mass is 971 g/mol. The van der Waals surface area contributed by atoms with Crippen molar-refractivity contribution in [2.45, 2.75) is 103 Å². The Morgan fingerprint density at radius 1 is 0.667 bits per heavy atom. The number of azide groups is 1. The molecule has 0 aromatic heterocycles. The molecular formula is C40H58Cl2N9O3P3S3. The van der Waals surface area contributed by atoms with Gasteiger partial charge >= 0.3 is 0 Å². The summed E-state index contributed by atoms with van der Waals surface area (Å²) in [6.07, 6.45) is 11.3. The largest absolute Gasteiger partial charge is 0.481 e. The smallest absolute Gasteiger partial charge is 0.222 e. The van der Waals surface area contributed by atoms with Crippen LogP contribution in [0.15, 0.2) is 93.2 Å². The van der Waals surface area contributed by atoms with Crippen molar-refractivity contribution in [1.29, 1.82) is 0 Å². The first kappa shape index (κ1) is 51.7. The fourth-order valence-corrected chi connectivity index (χ4v) is 10.5. The summed E-state index contributed by atoms with van der Waals surface area (Å²) in [5, 5.41) is 16.4. The first-order valence-electron chi connectivity index (χ1n) is 19.7. The Morgan fingerprint density at radius 3 is 1.48 bits per heavy atom. The second kappa shape index (κ2) is 24.2. The van der Waals surface area contributed by atoms with E-state index in [1.807, 2.05) is 110 Å². The van der Waals surface area contributed by atoms with Gasteiger partial charge in [-0.3, -0.25) is 9.56 Å². The lowest BCUT2D eigenvalue weighted by Gasteiger charge is -2.35. The van der Waals surface area contributed by atoms with Crippen molar-refractivity contribution in [3.05, 3.63) is 99.9 Å². The number of hydrazone groups is 3. The Hall–Kier alpha value is -2.69. The highest BCUT2D eigenvalue weighted by Crippen LogP contribution is 2.59. The molecule has 20 heteroatoms. The van der Waals surface area contributed by atoms with Gasteiger partial charge in [0.15, 0.2) is 5.72 Å². The summed E-state index contributed by atoms with van der Waals surface area (Å²) in [5.41, 5.74) is 10.8. The van der Waals surface area contributed by atoms with Gasteiger partial charge in [0.2, 0.25) is 4.89 Å². The third kappa shape index (κ3) is 16.2. The summed E-state index contributed by atoms with van der Waals surface area (Å²) in [6.45, 7) is 8.81. The fraction of sp³-hybridized carbons (Fsp3) is 0.475. The van der Waals surface area contributed by atoms with Crippen LogP contribution < -0.4 is 14.2 Å². The van der Waals surface area contributed by atoms with E-state index in [1.165, 1.54) is 4.78 Å². The molecule has 0 heterocycles. The molecule has 0 N–H and O–H groups in total. The predicted octanol–water partition coefficient (Wildman–Crippen LogP) is 13.2. The maximum Gasteiger partial charge on any atom is 0.222 e. The van der Waals surface area contributed by atoms with Crippen molar-refractivity contribution in [1.82, 2.24) is 14.3 Å². The van der Waals surface area contributed by atoms with Crippen LogP contribution in [-0.2, 0) is 35.4 Å². The zero-order valence-electron chi connectivity index (χ0n) is 35.8. The highest BCUT2D eigenvalue weighted by molar-refractivity contribution is 8.37. The van der Waals surface area contributed by atoms with Crippen LogP contribution in [0, 0.1) is 0 Å². The number of hydrogen-bond acceptors (Lipinski definition) is 10. The molecule has 0 amide bonds. The molecule has 0 aliphatic rings. The summed E-state index contributed by atoms with van der Waals surface area (Å²) >= 11 is 29.3. The molecule has 3 rings (SSSR count). The topological polar surface area (TPSA) is 123 Å². The predicted molar refractivity (Wildman–Crippen MR) is 268 cm³/mol. The van der Waals surface area contributed by atoms with Gasteiger partial charge in [-0.1, -0.05) is 63.6 Å². The van der Waals surface area contributed by atoms with E-state index >= 15 is 0 Å². The van der Waals surface area contributed by atoms with E-state index in [1.54, 1.807) is 25.7 Å². The Labute approximate surface area is 382 Å². The van der Waals surface area contributed by atoms with E-state index < -0.39 is 35.0 Å². The highest BCUT2D eigenvalue weighted by atomic mass is 35.9. The van der Waals surface area contributed by atoms with E-state index in [4.69, 9.17) is 87.8 Å². The van der Waals surface area contributed by atoms with Crippen molar-refractivity contribution in [2.24, 2.45) is 20.4 Å². The normalized spacial score (nSPS) is 16.0. The highest BCUT2D eigenvalue weighted by Gasteiger charge is 2.33. The second-order valence-electron chi connectivity index (χ2n) is 14.7. The zero-order chi connectivity index (χ0) is 44.6. The van der Waals surface area contributed by atoms with Crippen LogP contribution in [0.25, 0.3) is 10.4 Å². The van der Waals surface area contributed by atoms with Gasteiger partial charge in [-0.05, 0) is 181 Å². The number of benzene rings is 3. The number of hydrogen-bond donors (Lipinski definition) is 0. The second-order valence-corrected chi connectivity index (χ2v) is 29.4. The number of rotatable bonds is 25. The fourth-order valence-electron chi connectivity index (χ4n) is 5.81. The van der Waals surface area contributed by atoms with Crippen LogP contribution in [-0.4, -0.2) is 70.5 Å². The number of halogens is 2. The van der Waals surface area contributed by atoms with Crippen molar-refractivity contribution < 1.29 is 14.2 Å². The van der Waals surface area contributed by atoms with Crippen LogP contribution in [0.5, 0.6) is 17.2 Å². The minimum absolute atomic E-state index is 0.610. The quantitative estimate of drug-likeness (QED) is 0.0155. The first-order valence-corrected chi connectivity index (χ1v) is 29.4. The molecule has 328 valence electrons. The molecule has 0 radical (unpaired) electrons. The molecule has 5 atom stereocenters. The molecular weight excluding hydrogens is 915 g/mol. The summed E-state index contributed by atoms with van der Waals surface area (Å²) in [6, 6.07) is 22.9. The lowest BCUT2D eigenvalue weighted by molar-refractivity contribution is 0.0835. The Balaban J connectivity index is 1.63. The maximum atomic E-state index is 9.10. The van der Waals surface area contributed by atoms with E-state index in [-0.39, 0.29) is 0 Å². The average molecular weight is 973 g/mol. The molecule has 0 aliphatic heterocycles. The Morgan fingerprint density at radius 2 is 1.08 bits per heavy atom. The van der Waals surface area contributed by atoms with Gasteiger partial charge in [0.1, 0.15) is 27.9 Å². The number of nitrogens with zero attached hydrogens (tertiary/aromatic N) is 9. The molecule has 0 aliphatic carbocycles. The van der Waals surface area contributed by atoms with Crippen LogP contribution in [0.1, 0.15) is 103 Å². The lowest BCUT2D eigenvalue weighted by Crippen LogP contribution is -2.31. The van der Waals surface area contributed by atoms with Gasteiger partial charge in [-0.25, -0.2) is 4.78 Å². The van der Waals surface area contributed by atoms with Crippen LogP contribution in [0.2, 0.25) is 0 Å². The summed E-state index contributed by atoms with van der Waals surface area (Å²) < 4.78 is 24.3. The SMILES string of the molecule is CCCCCC(C)(N=[N+]=[N-])Oc1ccc(/C=N/N(C)[PH](=S)C(C)(CCC)Oc2ccc(/C=N/N(C)[PH](=S)C(C)(CC)Oc3ccc(/C=N/N(C)P(=S)(Cl)Cl)cc3)cc2)cc1. The number of unbranched alkanes of at least 4 members (excludes halogenated alkanes) is 2. The first-order chi connectivity index (χ1) is 28.3. The molecule has 0 saturated carbocycles. The third-order valence-corrected chi connectivity index (χ3v) is 20.5. The van der Waals surface area contributed by atoms with Gasteiger partial charge in [-0.15, -0.1) is 0 Å². The standard InChI is InChI=1S/C40H58Cl2N9O3P3S3/c1-10-13-14-28-38(4,47-48-43)52-35-21-15-32(16-22-35)30-45-50(8)56(59)40(6,27-11-2)54-37-25-17-33(18-26-37)29-44-49(7)55(58)39(5,12-3)53-36-23-19-34(20-24-36)31-46-51(9)57(41,42)60/h15-26,29-31,55-56H,10-14,27-28H2,1-9H3/b44-29+,45-30+,46-31+. The van der Waals surface area contributed by atoms with Gasteiger partial charge < -0.3 is 14.2 Å². The molecule has 0 saturated heterocycles. The molecule has 0 fully saturated rings.